The van der Waals surface area contributed by atoms with Crippen LogP contribution in [0.3, 0.4) is 0 Å². The van der Waals surface area contributed by atoms with Gasteiger partial charge in [0.25, 0.3) is 5.91 Å². The van der Waals surface area contributed by atoms with E-state index in [1.807, 2.05) is 30.1 Å². The molecule has 1 N–H and O–H groups in total. The molecule has 2 atom stereocenters. The molecule has 94 valence electrons. The van der Waals surface area contributed by atoms with E-state index in [0.29, 0.717) is 5.92 Å². The highest BCUT2D eigenvalue weighted by Gasteiger charge is 2.34. The standard InChI is InChI=1S/C14H17N3O/c1-9-5-12(9)8-17(2)14(18)10-3-4-11-7-15-16-13(11)6-10/h3-4,6-7,9,12H,5,8H2,1-2H3,(H,15,16). The molecule has 1 aliphatic carbocycles. The van der Waals surface area contributed by atoms with Gasteiger partial charge in [-0.05, 0) is 30.4 Å². The Kier molecular flexibility index (Phi) is 2.58. The van der Waals surface area contributed by atoms with Crippen molar-refractivity contribution in [2.75, 3.05) is 13.6 Å². The zero-order valence-corrected chi connectivity index (χ0v) is 10.7. The van der Waals surface area contributed by atoms with Crippen LogP contribution in [0, 0.1) is 11.8 Å². The quantitative estimate of drug-likeness (QED) is 0.899. The molecule has 1 fully saturated rings. The van der Waals surface area contributed by atoms with Crippen LogP contribution in [0.4, 0.5) is 0 Å². The Morgan fingerprint density at radius 2 is 2.33 bits per heavy atom. The minimum Gasteiger partial charge on any atom is -0.341 e. The number of carbonyl (C=O) groups is 1. The predicted octanol–water partition coefficient (Wildman–Crippen LogP) is 2.29. The van der Waals surface area contributed by atoms with Gasteiger partial charge in [0.2, 0.25) is 0 Å². The van der Waals surface area contributed by atoms with Gasteiger partial charge in [0, 0.05) is 24.5 Å². The van der Waals surface area contributed by atoms with Crippen LogP contribution >= 0.6 is 0 Å². The van der Waals surface area contributed by atoms with Crippen LogP contribution in [0.1, 0.15) is 23.7 Å². The first-order chi connectivity index (χ1) is 8.65. The summed E-state index contributed by atoms with van der Waals surface area (Å²) in [5.74, 6) is 1.55. The Bertz CT molecular complexity index is 589. The number of carbonyl (C=O) groups excluding carboxylic acids is 1. The third-order valence-corrected chi connectivity index (χ3v) is 3.82. The summed E-state index contributed by atoms with van der Waals surface area (Å²) in [5.41, 5.74) is 1.64. The molecule has 3 rings (SSSR count). The lowest BCUT2D eigenvalue weighted by molar-refractivity contribution is 0.0787. The molecule has 2 aromatic rings. The smallest absolute Gasteiger partial charge is 0.253 e. The first-order valence-corrected chi connectivity index (χ1v) is 6.34. The van der Waals surface area contributed by atoms with Crippen molar-refractivity contribution < 1.29 is 4.79 Å². The van der Waals surface area contributed by atoms with E-state index in [0.717, 1.165) is 28.9 Å². The number of aromatic amines is 1. The molecule has 18 heavy (non-hydrogen) atoms. The molecule has 0 aliphatic heterocycles. The zero-order valence-electron chi connectivity index (χ0n) is 10.7. The van der Waals surface area contributed by atoms with Crippen molar-refractivity contribution in [2.45, 2.75) is 13.3 Å². The van der Waals surface area contributed by atoms with E-state index < -0.39 is 0 Å². The largest absolute Gasteiger partial charge is 0.341 e. The lowest BCUT2D eigenvalue weighted by Crippen LogP contribution is -2.29. The summed E-state index contributed by atoms with van der Waals surface area (Å²) < 4.78 is 0. The maximum atomic E-state index is 12.3. The number of nitrogens with one attached hydrogen (secondary N) is 1. The number of amides is 1. The Balaban J connectivity index is 1.77. The van der Waals surface area contributed by atoms with Crippen LogP contribution in [-0.2, 0) is 0 Å². The average molecular weight is 243 g/mol. The highest BCUT2D eigenvalue weighted by Crippen LogP contribution is 2.38. The summed E-state index contributed by atoms with van der Waals surface area (Å²) in [6.45, 7) is 3.10. The molecule has 4 heteroatoms. The van der Waals surface area contributed by atoms with Gasteiger partial charge in [0.15, 0.2) is 0 Å². The molecular weight excluding hydrogens is 226 g/mol. The zero-order chi connectivity index (χ0) is 12.7. The number of rotatable bonds is 3. The summed E-state index contributed by atoms with van der Waals surface area (Å²) in [4.78, 5) is 14.1. The number of aromatic nitrogens is 2. The molecular formula is C14H17N3O. The van der Waals surface area contributed by atoms with E-state index >= 15 is 0 Å². The fourth-order valence-corrected chi connectivity index (χ4v) is 2.38. The Hall–Kier alpha value is -1.84. The summed E-state index contributed by atoms with van der Waals surface area (Å²) in [7, 11) is 1.88. The van der Waals surface area contributed by atoms with Gasteiger partial charge in [-0.25, -0.2) is 0 Å². The molecule has 0 bridgehead atoms. The molecule has 4 nitrogen and oxygen atoms in total. The first-order valence-electron chi connectivity index (χ1n) is 6.34. The van der Waals surface area contributed by atoms with Gasteiger partial charge in [-0.2, -0.15) is 5.10 Å². The second kappa shape index (κ2) is 4.12. The second-order valence-electron chi connectivity index (χ2n) is 5.33. The minimum absolute atomic E-state index is 0.0885. The number of hydrogen-bond donors (Lipinski definition) is 1. The predicted molar refractivity (Wildman–Crippen MR) is 70.3 cm³/mol. The lowest BCUT2D eigenvalue weighted by Gasteiger charge is -2.17. The number of hydrogen-bond acceptors (Lipinski definition) is 2. The second-order valence-corrected chi connectivity index (χ2v) is 5.33. The highest BCUT2D eigenvalue weighted by atomic mass is 16.2. The van der Waals surface area contributed by atoms with Crippen molar-refractivity contribution in [3.8, 4) is 0 Å². The molecule has 1 aromatic carbocycles. The lowest BCUT2D eigenvalue weighted by atomic mass is 10.1. The molecule has 1 aliphatic rings. The maximum Gasteiger partial charge on any atom is 0.253 e. The van der Waals surface area contributed by atoms with Crippen molar-refractivity contribution in [3.63, 3.8) is 0 Å². The van der Waals surface area contributed by atoms with Gasteiger partial charge in [-0.1, -0.05) is 13.0 Å². The number of nitrogens with zero attached hydrogens (tertiary/aromatic N) is 2. The van der Waals surface area contributed by atoms with Crippen molar-refractivity contribution in [2.24, 2.45) is 11.8 Å². The molecule has 0 radical (unpaired) electrons. The average Bonchev–Trinajstić information content (AvgIpc) is 2.89. The van der Waals surface area contributed by atoms with Crippen molar-refractivity contribution >= 4 is 16.8 Å². The van der Waals surface area contributed by atoms with Gasteiger partial charge in [0.1, 0.15) is 0 Å². The maximum absolute atomic E-state index is 12.3. The molecule has 1 amide bonds. The number of benzene rings is 1. The van der Waals surface area contributed by atoms with Crippen LogP contribution in [0.2, 0.25) is 0 Å². The van der Waals surface area contributed by atoms with E-state index in [1.165, 1.54) is 6.42 Å². The molecule has 0 saturated heterocycles. The van der Waals surface area contributed by atoms with Crippen LogP contribution in [0.5, 0.6) is 0 Å². The SMILES string of the molecule is CC1CC1CN(C)C(=O)c1ccc2cn[nH]c2c1. The fraction of sp³-hybridized carbons (Fsp3) is 0.429. The minimum atomic E-state index is 0.0885. The number of H-pyrrole nitrogens is 1. The van der Waals surface area contributed by atoms with Gasteiger partial charge in [-0.3, -0.25) is 9.89 Å². The van der Waals surface area contributed by atoms with E-state index in [2.05, 4.69) is 17.1 Å². The Morgan fingerprint density at radius 3 is 3.06 bits per heavy atom. The van der Waals surface area contributed by atoms with Crippen molar-refractivity contribution in [1.29, 1.82) is 0 Å². The van der Waals surface area contributed by atoms with E-state index in [1.54, 1.807) is 6.20 Å². The number of fused-ring (bicyclic) bond motifs is 1. The normalized spacial score (nSPS) is 22.1. The van der Waals surface area contributed by atoms with Crippen molar-refractivity contribution in [3.05, 3.63) is 30.0 Å². The molecule has 1 saturated carbocycles. The molecule has 1 heterocycles. The van der Waals surface area contributed by atoms with Gasteiger partial charge in [0.05, 0.1) is 11.7 Å². The third-order valence-electron chi connectivity index (χ3n) is 3.82. The van der Waals surface area contributed by atoms with E-state index in [4.69, 9.17) is 0 Å². The van der Waals surface area contributed by atoms with Crippen molar-refractivity contribution in [1.82, 2.24) is 15.1 Å². The summed E-state index contributed by atoms with van der Waals surface area (Å²) in [5, 5.41) is 7.89. The monoisotopic (exact) mass is 243 g/mol. The van der Waals surface area contributed by atoms with Crippen LogP contribution in [-0.4, -0.2) is 34.6 Å². The topological polar surface area (TPSA) is 49.0 Å². The summed E-state index contributed by atoms with van der Waals surface area (Å²) in [6, 6.07) is 5.67. The van der Waals surface area contributed by atoms with E-state index in [-0.39, 0.29) is 5.91 Å². The van der Waals surface area contributed by atoms with Gasteiger partial charge >= 0.3 is 0 Å². The molecule has 0 spiro atoms. The first kappa shape index (κ1) is 11.3. The van der Waals surface area contributed by atoms with Gasteiger partial charge < -0.3 is 4.90 Å². The Morgan fingerprint density at radius 1 is 1.56 bits per heavy atom. The summed E-state index contributed by atoms with van der Waals surface area (Å²) in [6.07, 6.45) is 3.01. The van der Waals surface area contributed by atoms with Crippen LogP contribution in [0.15, 0.2) is 24.4 Å². The highest BCUT2D eigenvalue weighted by molar-refractivity contribution is 5.97. The Labute approximate surface area is 106 Å². The van der Waals surface area contributed by atoms with E-state index in [9.17, 15) is 4.79 Å². The molecule has 2 unspecified atom stereocenters. The van der Waals surface area contributed by atoms with Crippen LogP contribution in [0.25, 0.3) is 10.9 Å². The fourth-order valence-electron chi connectivity index (χ4n) is 2.38. The summed E-state index contributed by atoms with van der Waals surface area (Å²) >= 11 is 0. The third kappa shape index (κ3) is 1.98. The molecule has 1 aromatic heterocycles. The van der Waals surface area contributed by atoms with Gasteiger partial charge in [-0.15, -0.1) is 0 Å². The van der Waals surface area contributed by atoms with Crippen LogP contribution < -0.4 is 0 Å².